The fourth-order valence-corrected chi connectivity index (χ4v) is 0.927. The van der Waals surface area contributed by atoms with E-state index in [1.54, 1.807) is 0 Å². The van der Waals surface area contributed by atoms with Crippen molar-refractivity contribution in [3.63, 3.8) is 0 Å². The van der Waals surface area contributed by atoms with E-state index in [-0.39, 0.29) is 13.1 Å². The Balaban J connectivity index is 4.29. The summed E-state index contributed by atoms with van der Waals surface area (Å²) in [4.78, 5) is 43.6. The van der Waals surface area contributed by atoms with Gasteiger partial charge in [0.25, 0.3) is 0 Å². The highest BCUT2D eigenvalue weighted by Gasteiger charge is 2.19. The number of hydrogen-bond acceptors (Lipinski definition) is 6. The largest absolute Gasteiger partial charge is 0.480 e. The van der Waals surface area contributed by atoms with Crippen LogP contribution in [0.4, 0.5) is 0 Å². The molecule has 2 amide bonds. The summed E-state index contributed by atoms with van der Waals surface area (Å²) in [7, 11) is 1.15. The quantitative estimate of drug-likeness (QED) is 0.292. The number of esters is 1. The summed E-state index contributed by atoms with van der Waals surface area (Å²) in [5.74, 6) is -3.40. The topological polar surface area (TPSA) is 148 Å². The molecule has 0 unspecified atom stereocenters. The number of carbonyl (C=O) groups excluding carboxylic acids is 3. The van der Waals surface area contributed by atoms with Gasteiger partial charge in [-0.2, -0.15) is 0 Å². The number of nitrogens with two attached hydrogens (primary N) is 1. The summed E-state index contributed by atoms with van der Waals surface area (Å²) in [6.45, 7) is -0.703. The van der Waals surface area contributed by atoms with Gasteiger partial charge in [0.05, 0.1) is 13.7 Å². The molecule has 0 aromatic heterocycles. The standard InChI is InChI=1S/C10H15N3O6/c1-19-9(16)3-2-7(14)12-5-6(10(17)18)13-8(15)4-11/h2-3,6H,4-5,11H2,1H3,(H,12,14)(H,13,15)(H,17,18)/b3-2+/t6-/m1/s1. The van der Waals surface area contributed by atoms with Crippen molar-refractivity contribution in [2.45, 2.75) is 6.04 Å². The summed E-state index contributed by atoms with van der Waals surface area (Å²) in [5, 5.41) is 13.1. The molecule has 0 rings (SSSR count). The average molecular weight is 273 g/mol. The second kappa shape index (κ2) is 8.64. The minimum Gasteiger partial charge on any atom is -0.480 e. The summed E-state index contributed by atoms with van der Waals surface area (Å²) in [6, 6.07) is -1.30. The number of carboxylic acid groups (broad SMARTS) is 1. The molecule has 0 heterocycles. The van der Waals surface area contributed by atoms with E-state index in [1.165, 1.54) is 0 Å². The first-order valence-electron chi connectivity index (χ1n) is 5.16. The lowest BCUT2D eigenvalue weighted by atomic mass is 10.3. The van der Waals surface area contributed by atoms with Gasteiger partial charge >= 0.3 is 11.9 Å². The van der Waals surface area contributed by atoms with E-state index in [2.05, 4.69) is 15.4 Å². The third-order valence-electron chi connectivity index (χ3n) is 1.87. The number of nitrogens with one attached hydrogen (secondary N) is 2. The molecule has 0 aromatic rings. The van der Waals surface area contributed by atoms with Crippen molar-refractivity contribution in [1.82, 2.24) is 10.6 Å². The summed E-state index contributed by atoms with van der Waals surface area (Å²) in [5.41, 5.74) is 5.02. The number of hydrogen-bond donors (Lipinski definition) is 4. The van der Waals surface area contributed by atoms with Crippen LogP contribution in [0.1, 0.15) is 0 Å². The van der Waals surface area contributed by atoms with Crippen LogP contribution >= 0.6 is 0 Å². The molecule has 0 radical (unpaired) electrons. The number of aliphatic carboxylic acids is 1. The molecule has 19 heavy (non-hydrogen) atoms. The summed E-state index contributed by atoms with van der Waals surface area (Å²) in [6.07, 6.45) is 1.76. The SMILES string of the molecule is COC(=O)/C=C/C(=O)NC[C@@H](NC(=O)CN)C(=O)O. The molecular weight excluding hydrogens is 258 g/mol. The first kappa shape index (κ1) is 16.6. The van der Waals surface area contributed by atoms with Crippen LogP contribution in [0.15, 0.2) is 12.2 Å². The molecule has 0 spiro atoms. The van der Waals surface area contributed by atoms with E-state index in [9.17, 15) is 19.2 Å². The first-order valence-corrected chi connectivity index (χ1v) is 5.16. The van der Waals surface area contributed by atoms with Crippen LogP contribution in [0.2, 0.25) is 0 Å². The van der Waals surface area contributed by atoms with Crippen molar-refractivity contribution < 1.29 is 29.0 Å². The predicted octanol–water partition coefficient (Wildman–Crippen LogP) is -2.64. The molecule has 0 aliphatic rings. The Bertz CT molecular complexity index is 393. The monoisotopic (exact) mass is 273 g/mol. The van der Waals surface area contributed by atoms with Gasteiger partial charge in [0.15, 0.2) is 0 Å². The van der Waals surface area contributed by atoms with Gasteiger partial charge in [0, 0.05) is 18.7 Å². The lowest BCUT2D eigenvalue weighted by molar-refractivity contribution is -0.141. The van der Waals surface area contributed by atoms with Gasteiger partial charge in [0.1, 0.15) is 6.04 Å². The first-order chi connectivity index (χ1) is 8.90. The van der Waals surface area contributed by atoms with Crippen molar-refractivity contribution in [1.29, 1.82) is 0 Å². The molecule has 1 atom stereocenters. The maximum atomic E-state index is 11.2. The molecular formula is C10H15N3O6. The van der Waals surface area contributed by atoms with Crippen molar-refractivity contribution in [3.05, 3.63) is 12.2 Å². The molecule has 0 saturated heterocycles. The van der Waals surface area contributed by atoms with Crippen molar-refractivity contribution in [2.24, 2.45) is 5.73 Å². The lowest BCUT2D eigenvalue weighted by Gasteiger charge is -2.13. The van der Waals surface area contributed by atoms with Crippen molar-refractivity contribution in [3.8, 4) is 0 Å². The number of methoxy groups -OCH3 is 1. The molecule has 0 bridgehead atoms. The van der Waals surface area contributed by atoms with Gasteiger partial charge in [-0.05, 0) is 0 Å². The van der Waals surface area contributed by atoms with E-state index < -0.39 is 29.8 Å². The molecule has 0 saturated carbocycles. The van der Waals surface area contributed by atoms with Crippen LogP contribution in [0, 0.1) is 0 Å². The van der Waals surface area contributed by atoms with Crippen LogP contribution < -0.4 is 16.4 Å². The van der Waals surface area contributed by atoms with Crippen LogP contribution in [-0.4, -0.2) is 55.1 Å². The molecule has 0 aliphatic heterocycles. The zero-order valence-electron chi connectivity index (χ0n) is 10.2. The van der Waals surface area contributed by atoms with Crippen LogP contribution in [0.3, 0.4) is 0 Å². The molecule has 106 valence electrons. The summed E-state index contributed by atoms with van der Waals surface area (Å²) >= 11 is 0. The van der Waals surface area contributed by atoms with Gasteiger partial charge in [-0.25, -0.2) is 9.59 Å². The highest BCUT2D eigenvalue weighted by molar-refractivity contribution is 5.94. The molecule has 0 fully saturated rings. The third kappa shape index (κ3) is 7.49. The summed E-state index contributed by atoms with van der Waals surface area (Å²) < 4.78 is 4.26. The van der Waals surface area contributed by atoms with Gasteiger partial charge in [-0.1, -0.05) is 0 Å². The van der Waals surface area contributed by atoms with Gasteiger partial charge in [-0.15, -0.1) is 0 Å². The fourth-order valence-electron chi connectivity index (χ4n) is 0.927. The molecule has 9 heteroatoms. The van der Waals surface area contributed by atoms with Crippen LogP contribution in [0.25, 0.3) is 0 Å². The minimum absolute atomic E-state index is 0.342. The fraction of sp³-hybridized carbons (Fsp3) is 0.400. The Morgan fingerprint density at radius 3 is 2.42 bits per heavy atom. The van der Waals surface area contributed by atoms with E-state index >= 15 is 0 Å². The Morgan fingerprint density at radius 1 is 1.32 bits per heavy atom. The Labute approximate surface area is 108 Å². The van der Waals surface area contributed by atoms with Crippen molar-refractivity contribution >= 4 is 23.8 Å². The number of rotatable bonds is 7. The zero-order chi connectivity index (χ0) is 14.8. The second-order valence-electron chi connectivity index (χ2n) is 3.26. The molecule has 0 aromatic carbocycles. The van der Waals surface area contributed by atoms with Gasteiger partial charge < -0.3 is 26.2 Å². The highest BCUT2D eigenvalue weighted by atomic mass is 16.5. The molecule has 9 nitrogen and oxygen atoms in total. The number of amides is 2. The number of carbonyl (C=O) groups is 4. The van der Waals surface area contributed by atoms with E-state index in [0.29, 0.717) is 0 Å². The van der Waals surface area contributed by atoms with Crippen molar-refractivity contribution in [2.75, 3.05) is 20.2 Å². The minimum atomic E-state index is -1.32. The molecule has 5 N–H and O–H groups in total. The third-order valence-corrected chi connectivity index (χ3v) is 1.87. The smallest absolute Gasteiger partial charge is 0.330 e. The van der Waals surface area contributed by atoms with E-state index in [4.69, 9.17) is 10.8 Å². The van der Waals surface area contributed by atoms with Crippen LogP contribution in [0.5, 0.6) is 0 Å². The number of carboxylic acids is 1. The lowest BCUT2D eigenvalue weighted by Crippen LogP contribution is -2.49. The average Bonchev–Trinajstić information content (AvgIpc) is 2.39. The van der Waals surface area contributed by atoms with Gasteiger partial charge in [0.2, 0.25) is 11.8 Å². The Hall–Kier alpha value is -2.42. The maximum absolute atomic E-state index is 11.2. The zero-order valence-corrected chi connectivity index (χ0v) is 10.2. The van der Waals surface area contributed by atoms with Gasteiger partial charge in [-0.3, -0.25) is 9.59 Å². The second-order valence-corrected chi connectivity index (χ2v) is 3.26. The number of ether oxygens (including phenoxy) is 1. The van der Waals surface area contributed by atoms with E-state index in [0.717, 1.165) is 19.3 Å². The van der Waals surface area contributed by atoms with E-state index in [1.807, 2.05) is 0 Å². The maximum Gasteiger partial charge on any atom is 0.330 e. The highest BCUT2D eigenvalue weighted by Crippen LogP contribution is 1.84. The normalized spacial score (nSPS) is 11.7. The molecule has 0 aliphatic carbocycles. The van der Waals surface area contributed by atoms with Crippen LogP contribution in [-0.2, 0) is 23.9 Å². The Morgan fingerprint density at radius 2 is 1.95 bits per heavy atom. The predicted molar refractivity (Wildman–Crippen MR) is 62.8 cm³/mol. The Kier molecular flexibility index (Phi) is 7.54.